The molecule has 0 radical (unpaired) electrons. The van der Waals surface area contributed by atoms with Crippen LogP contribution in [0, 0.1) is 5.92 Å². The highest BCUT2D eigenvalue weighted by Gasteiger charge is 2.42. The number of anilines is 1. The van der Waals surface area contributed by atoms with Gasteiger partial charge in [-0.25, -0.2) is 9.18 Å². The summed E-state index contributed by atoms with van der Waals surface area (Å²) < 4.78 is 18.6. The Morgan fingerprint density at radius 2 is 1.75 bits per heavy atom. The first-order valence-corrected chi connectivity index (χ1v) is 14.1. The number of halogens is 1. The van der Waals surface area contributed by atoms with Crippen LogP contribution in [0.1, 0.15) is 50.5 Å². The zero-order valence-electron chi connectivity index (χ0n) is 22.4. The van der Waals surface area contributed by atoms with E-state index in [0.717, 1.165) is 47.9 Å². The van der Waals surface area contributed by atoms with Crippen molar-refractivity contribution in [3.8, 4) is 22.4 Å². The smallest absolute Gasteiger partial charge is 0.410 e. The molecule has 3 fully saturated rings. The van der Waals surface area contributed by atoms with E-state index in [9.17, 15) is 14.0 Å². The monoisotopic (exact) mass is 543 g/mol. The molecule has 0 atom stereocenters. The molecular weight excluding hydrogens is 509 g/mol. The maximum Gasteiger partial charge on any atom is 0.410 e. The van der Waals surface area contributed by atoms with Gasteiger partial charge < -0.3 is 20.7 Å². The van der Waals surface area contributed by atoms with Crippen LogP contribution in [-0.2, 0) is 15.1 Å². The summed E-state index contributed by atoms with van der Waals surface area (Å²) in [5, 5.41) is 11.8. The molecule has 8 nitrogen and oxygen atoms in total. The summed E-state index contributed by atoms with van der Waals surface area (Å²) >= 11 is 0. The van der Waals surface area contributed by atoms with Crippen LogP contribution in [0.5, 0.6) is 0 Å². The second-order valence-electron chi connectivity index (χ2n) is 11.3. The predicted octanol–water partition coefficient (Wildman–Crippen LogP) is 5.44. The van der Waals surface area contributed by atoms with Crippen LogP contribution in [0.15, 0.2) is 60.7 Å². The van der Waals surface area contributed by atoms with Gasteiger partial charge in [0, 0.05) is 42.0 Å². The number of hydrogen-bond acceptors (Lipinski definition) is 6. The van der Waals surface area contributed by atoms with Crippen molar-refractivity contribution in [2.45, 2.75) is 62.7 Å². The molecular formula is C31H34FN5O3. The van der Waals surface area contributed by atoms with E-state index in [1.807, 2.05) is 65.6 Å². The third kappa shape index (κ3) is 5.43. The van der Waals surface area contributed by atoms with Crippen LogP contribution < -0.4 is 11.1 Å². The minimum absolute atomic E-state index is 0.0886. The largest absolute Gasteiger partial charge is 0.448 e. The number of aromatic nitrogens is 2. The fourth-order valence-electron chi connectivity index (χ4n) is 6.28. The Hall–Kier alpha value is -3.85. The molecule has 2 aromatic carbocycles. The molecule has 2 heterocycles. The van der Waals surface area contributed by atoms with Crippen LogP contribution in [-0.4, -0.2) is 52.5 Å². The summed E-state index contributed by atoms with van der Waals surface area (Å²) in [4.78, 5) is 26.7. The van der Waals surface area contributed by atoms with Crippen molar-refractivity contribution in [2.75, 3.05) is 18.5 Å². The van der Waals surface area contributed by atoms with E-state index in [2.05, 4.69) is 15.5 Å². The fourth-order valence-corrected chi connectivity index (χ4v) is 6.28. The number of hydrogen-bond donors (Lipinski definition) is 2. The van der Waals surface area contributed by atoms with Gasteiger partial charge in [0.25, 0.3) is 0 Å². The van der Waals surface area contributed by atoms with Gasteiger partial charge in [-0.3, -0.25) is 4.79 Å². The molecule has 0 bridgehead atoms. The minimum Gasteiger partial charge on any atom is -0.448 e. The number of nitrogens with two attached hydrogens (primary N) is 1. The third-order valence-electron chi connectivity index (χ3n) is 8.57. The Bertz CT molecular complexity index is 1370. The Balaban J connectivity index is 1.15. The number of cyclic esters (lactones) is 1. The van der Waals surface area contributed by atoms with Crippen LogP contribution in [0.2, 0.25) is 0 Å². The Kier molecular flexibility index (Phi) is 7.23. The molecule has 2 aliphatic carbocycles. The van der Waals surface area contributed by atoms with Crippen LogP contribution >= 0.6 is 0 Å². The number of amides is 2. The van der Waals surface area contributed by atoms with Crippen molar-refractivity contribution < 1.29 is 18.7 Å². The van der Waals surface area contributed by atoms with Gasteiger partial charge in [-0.2, -0.15) is 0 Å². The zero-order chi connectivity index (χ0) is 27.7. The van der Waals surface area contributed by atoms with Crippen molar-refractivity contribution in [1.82, 2.24) is 15.1 Å². The number of ether oxygens (including phenoxy) is 1. The van der Waals surface area contributed by atoms with Gasteiger partial charge >= 0.3 is 6.09 Å². The average Bonchev–Trinajstić information content (AvgIpc) is 3.39. The van der Waals surface area contributed by atoms with Gasteiger partial charge in [0.1, 0.15) is 18.5 Å². The molecule has 0 spiro atoms. The highest BCUT2D eigenvalue weighted by Crippen LogP contribution is 2.42. The predicted molar refractivity (Wildman–Crippen MR) is 150 cm³/mol. The summed E-state index contributed by atoms with van der Waals surface area (Å²) in [5.41, 5.74) is 10.0. The van der Waals surface area contributed by atoms with Crippen molar-refractivity contribution in [3.05, 3.63) is 66.2 Å². The molecule has 6 rings (SSSR count). The van der Waals surface area contributed by atoms with Gasteiger partial charge in [0.05, 0.1) is 6.54 Å². The van der Waals surface area contributed by atoms with E-state index in [4.69, 9.17) is 10.5 Å². The van der Waals surface area contributed by atoms with Crippen LogP contribution in [0.3, 0.4) is 0 Å². The minimum atomic E-state index is -0.839. The molecule has 1 saturated heterocycles. The lowest BCUT2D eigenvalue weighted by atomic mass is 9.71. The first-order valence-electron chi connectivity index (χ1n) is 14.1. The Morgan fingerprint density at radius 3 is 2.40 bits per heavy atom. The molecule has 0 unspecified atom stereocenters. The van der Waals surface area contributed by atoms with Gasteiger partial charge in [0.2, 0.25) is 5.91 Å². The number of carbonyl (C=O) groups is 2. The molecule has 3 N–H and O–H groups in total. The first-order chi connectivity index (χ1) is 19.4. The normalized spacial score (nSPS) is 26.2. The lowest BCUT2D eigenvalue weighted by Gasteiger charge is -2.41. The molecule has 208 valence electrons. The summed E-state index contributed by atoms with van der Waals surface area (Å²) in [5.74, 6) is 0.583. The van der Waals surface area contributed by atoms with Gasteiger partial charge in [-0.05, 0) is 48.8 Å². The number of alkyl halides is 1. The van der Waals surface area contributed by atoms with Crippen molar-refractivity contribution >= 4 is 17.8 Å². The molecule has 2 saturated carbocycles. The van der Waals surface area contributed by atoms with Crippen molar-refractivity contribution in [3.63, 3.8) is 0 Å². The SMILES string of the molecule is NC1(c2ccc(-c3nnc(NC(=O)CC4CCC(N5CCOC5=O)CC4)cc3-c3ccccc3)cc2)CC(F)C1. The Labute approximate surface area is 233 Å². The number of rotatable bonds is 7. The van der Waals surface area contributed by atoms with E-state index >= 15 is 0 Å². The zero-order valence-corrected chi connectivity index (χ0v) is 22.4. The third-order valence-corrected chi connectivity index (χ3v) is 8.57. The first kappa shape index (κ1) is 26.4. The van der Waals surface area contributed by atoms with Crippen molar-refractivity contribution in [2.24, 2.45) is 11.7 Å². The fraction of sp³-hybridized carbons (Fsp3) is 0.419. The average molecular weight is 544 g/mol. The maximum absolute atomic E-state index is 13.5. The van der Waals surface area contributed by atoms with E-state index < -0.39 is 11.7 Å². The number of benzene rings is 2. The van der Waals surface area contributed by atoms with E-state index in [1.54, 1.807) is 0 Å². The summed E-state index contributed by atoms with van der Waals surface area (Å²) in [6.07, 6.45) is 3.59. The standard InChI is InChI=1S/C31H34FN5O3/c32-24-18-31(33,19-24)23-10-8-22(9-11-23)29-26(21-4-2-1-3-5-21)17-27(35-36-29)34-28(38)16-20-6-12-25(13-7-20)37-14-15-40-30(37)39/h1-5,8-11,17,20,24-25H,6-7,12-16,18-19,33H2,(H,34,35,38). The summed E-state index contributed by atoms with van der Waals surface area (Å²) in [6.45, 7) is 1.12. The molecule has 40 heavy (non-hydrogen) atoms. The number of carbonyl (C=O) groups excluding carboxylic acids is 2. The van der Waals surface area contributed by atoms with E-state index in [1.165, 1.54) is 0 Å². The van der Waals surface area contributed by atoms with Gasteiger partial charge in [-0.15, -0.1) is 10.2 Å². The number of nitrogens with zero attached hydrogens (tertiary/aromatic N) is 3. The lowest BCUT2D eigenvalue weighted by Crippen LogP contribution is -2.50. The quantitative estimate of drug-likeness (QED) is 0.411. The molecule has 2 amide bonds. The molecule has 1 aromatic heterocycles. The highest BCUT2D eigenvalue weighted by molar-refractivity contribution is 5.91. The van der Waals surface area contributed by atoms with Crippen LogP contribution in [0.25, 0.3) is 22.4 Å². The van der Waals surface area contributed by atoms with Gasteiger partial charge in [-0.1, -0.05) is 54.6 Å². The molecule has 9 heteroatoms. The number of nitrogens with one attached hydrogen (secondary N) is 1. The van der Waals surface area contributed by atoms with E-state index in [0.29, 0.717) is 43.9 Å². The second-order valence-corrected chi connectivity index (χ2v) is 11.3. The topological polar surface area (TPSA) is 110 Å². The lowest BCUT2D eigenvalue weighted by molar-refractivity contribution is -0.117. The van der Waals surface area contributed by atoms with Crippen molar-refractivity contribution in [1.29, 1.82) is 0 Å². The highest BCUT2D eigenvalue weighted by atomic mass is 19.1. The second kappa shape index (κ2) is 11.0. The molecule has 3 aliphatic rings. The summed E-state index contributed by atoms with van der Waals surface area (Å²) in [6, 6.07) is 19.7. The molecule has 3 aromatic rings. The summed E-state index contributed by atoms with van der Waals surface area (Å²) in [7, 11) is 0. The Morgan fingerprint density at radius 1 is 1.02 bits per heavy atom. The molecule has 1 aliphatic heterocycles. The van der Waals surface area contributed by atoms with Crippen LogP contribution in [0.4, 0.5) is 15.0 Å². The maximum atomic E-state index is 13.5. The van der Waals surface area contributed by atoms with Gasteiger partial charge in [0.15, 0.2) is 5.82 Å². The van der Waals surface area contributed by atoms with E-state index in [-0.39, 0.29) is 24.0 Å².